The zero-order chi connectivity index (χ0) is 101. The molecule has 780 valence electrons. The van der Waals surface area contributed by atoms with Crippen molar-refractivity contribution in [3.8, 4) is 23.0 Å². The van der Waals surface area contributed by atoms with Gasteiger partial charge >= 0.3 is 0 Å². The summed E-state index contributed by atoms with van der Waals surface area (Å²) in [5.41, 5.74) is 3.86. The molecule has 56 heteroatoms. The van der Waals surface area contributed by atoms with Crippen LogP contribution < -0.4 is 18.9 Å². The Morgan fingerprint density at radius 3 is 0.577 bits per heavy atom. The summed E-state index contributed by atoms with van der Waals surface area (Å²) in [6.07, 6.45) is -62.7. The van der Waals surface area contributed by atoms with Crippen LogP contribution in [0.4, 0.5) is 0 Å². The number of nitrogens with zero attached hydrogens (tertiary/aromatic N) is 12. The molecular weight excluding hydrogens is 1900 g/mol. The van der Waals surface area contributed by atoms with Gasteiger partial charge in [0.2, 0.25) is 0 Å². The zero-order valence-corrected chi connectivity index (χ0v) is 74.5. The summed E-state index contributed by atoms with van der Waals surface area (Å²) < 4.78 is 97.8. The average molecular weight is 2020 g/mol. The monoisotopic (exact) mass is 2020 g/mol. The number of aliphatic hydroxyl groups is 28. The first kappa shape index (κ1) is 106. The predicted octanol–water partition coefficient (Wildman–Crippen LogP) is -13.4. The van der Waals surface area contributed by atoms with Crippen molar-refractivity contribution in [2.24, 2.45) is 0 Å². The third-order valence-corrected chi connectivity index (χ3v) is 25.6. The van der Waals surface area contributed by atoms with Gasteiger partial charge in [0.15, 0.2) is 50.1 Å². The standard InChI is InChI=1S/C86H112N12O44/c99-21-45-55(107)59(111)71(123)83(135-45)139-75-49(25-103)131-79(67(119)63(75)115)95-17-37(87-91-95)29-127-41-9-1-33(2-10-41)53(34-3-11-42(12-4-34)128-30-38-18-96(92-88-38)80-68(120)64(116)76(50(26-104)132-80)140-84-72(124)60(112)56(108)46(22-100)136-84)54(35-5-13-43(14-6-35)129-31-39-19-97(93-89-39)81-69(121)65(117)77(51(27-105)133-81)141-85-73(125)61(113)57(109)47(23-101)137-85)36-7-15-44(16-8-36)130-32-40-20-98(94-90-40)82-70(122)66(118)78(52(28-106)134-82)142-86-74(126)62(114)58(110)48(24-102)138-86/h1-20,45-52,55-86,99-126H,21-32H2/t45-,46-,47-,48-,49-,50-,51-,52-,55-,56-,57-,58-,59+,60+,61+,62+,63-,64-,65-,66-,67-,68-,69-,70-,71-,72-,73-,74-,75-,76-,77-,78-,79-,80-,81-,82-,83+,84+,85+,86+/m1/s1. The Kier molecular flexibility index (Phi) is 34.4. The van der Waals surface area contributed by atoms with E-state index in [1.807, 2.05) is 0 Å². The molecule has 0 aliphatic carbocycles. The summed E-state index contributed by atoms with van der Waals surface area (Å²) in [5, 5.41) is 331. The molecule has 142 heavy (non-hydrogen) atoms. The van der Waals surface area contributed by atoms with E-state index in [0.29, 0.717) is 33.4 Å². The maximum Gasteiger partial charge on any atom is 0.187 e. The van der Waals surface area contributed by atoms with Crippen LogP contribution in [0.3, 0.4) is 0 Å². The topological polar surface area (TPSA) is 837 Å². The lowest BCUT2D eigenvalue weighted by Gasteiger charge is -2.45. The van der Waals surface area contributed by atoms with Crippen LogP contribution in [0.2, 0.25) is 0 Å². The molecule has 0 saturated carbocycles. The van der Waals surface area contributed by atoms with E-state index >= 15 is 0 Å². The van der Waals surface area contributed by atoms with Gasteiger partial charge in [0.25, 0.3) is 0 Å². The van der Waals surface area contributed by atoms with E-state index in [1.165, 1.54) is 24.8 Å². The third-order valence-electron chi connectivity index (χ3n) is 25.6. The third kappa shape index (κ3) is 22.2. The van der Waals surface area contributed by atoms with E-state index in [2.05, 4.69) is 41.2 Å². The van der Waals surface area contributed by atoms with Gasteiger partial charge < -0.3 is 219 Å². The minimum absolute atomic E-state index is 0.161. The van der Waals surface area contributed by atoms with Crippen LogP contribution in [0.25, 0.3) is 11.1 Å². The number of hydrogen-bond donors (Lipinski definition) is 28. The molecule has 8 saturated heterocycles. The normalized spacial score (nSPS) is 37.8. The highest BCUT2D eigenvalue weighted by molar-refractivity contribution is 6.04. The van der Waals surface area contributed by atoms with E-state index < -0.39 is 298 Å². The molecular formula is C86H112N12O44. The fourth-order valence-corrected chi connectivity index (χ4v) is 17.6. The minimum Gasteiger partial charge on any atom is -0.487 e. The van der Waals surface area contributed by atoms with Gasteiger partial charge in [-0.15, -0.1) is 20.4 Å². The Balaban J connectivity index is 0.675. The Hall–Kier alpha value is -9.22. The number of aliphatic hydroxyl groups excluding tert-OH is 28. The number of ether oxygens (including phenoxy) is 16. The van der Waals surface area contributed by atoms with Crippen molar-refractivity contribution in [2.75, 3.05) is 52.9 Å². The van der Waals surface area contributed by atoms with E-state index in [0.717, 1.165) is 18.7 Å². The second-order valence-corrected chi connectivity index (χ2v) is 34.9. The molecule has 8 aliphatic heterocycles. The molecule has 4 aromatic carbocycles. The molecule has 12 heterocycles. The lowest BCUT2D eigenvalue weighted by Crippen LogP contribution is -2.63. The first-order valence-corrected chi connectivity index (χ1v) is 44.9. The summed E-state index contributed by atoms with van der Waals surface area (Å²) in [4.78, 5) is 0. The number of hydrogen-bond acceptors (Lipinski definition) is 52. The second kappa shape index (κ2) is 46.2. The van der Waals surface area contributed by atoms with Crippen LogP contribution in [0, 0.1) is 0 Å². The highest BCUT2D eigenvalue weighted by atomic mass is 16.8. The largest absolute Gasteiger partial charge is 0.487 e. The average Bonchev–Trinajstić information content (AvgIpc) is 1.79. The molecule has 8 aromatic rings. The molecule has 0 spiro atoms. The van der Waals surface area contributed by atoms with Gasteiger partial charge in [0, 0.05) is 0 Å². The molecule has 56 nitrogen and oxygen atoms in total. The fraction of sp³-hybridized carbons (Fsp3) is 0.605. The van der Waals surface area contributed by atoms with Crippen molar-refractivity contribution in [3.63, 3.8) is 0 Å². The Morgan fingerprint density at radius 1 is 0.218 bits per heavy atom. The highest BCUT2D eigenvalue weighted by Crippen LogP contribution is 2.43. The predicted molar refractivity (Wildman–Crippen MR) is 455 cm³/mol. The molecule has 16 rings (SSSR count). The van der Waals surface area contributed by atoms with Crippen LogP contribution in [-0.4, -0.2) is 476 Å². The lowest BCUT2D eigenvalue weighted by molar-refractivity contribution is -0.347. The van der Waals surface area contributed by atoms with Crippen molar-refractivity contribution in [1.82, 2.24) is 60.0 Å². The molecule has 0 amide bonds. The first-order valence-electron chi connectivity index (χ1n) is 44.9. The van der Waals surface area contributed by atoms with Crippen molar-refractivity contribution in [1.29, 1.82) is 0 Å². The first-order chi connectivity index (χ1) is 68.3. The van der Waals surface area contributed by atoms with Crippen LogP contribution in [-0.2, 0) is 83.3 Å². The van der Waals surface area contributed by atoms with E-state index in [1.54, 1.807) is 97.1 Å². The Morgan fingerprint density at radius 2 is 0.401 bits per heavy atom. The molecule has 4 aromatic heterocycles. The fourth-order valence-electron chi connectivity index (χ4n) is 17.6. The molecule has 40 atom stereocenters. The van der Waals surface area contributed by atoms with Gasteiger partial charge in [-0.1, -0.05) is 69.4 Å². The number of rotatable bonds is 36. The van der Waals surface area contributed by atoms with Gasteiger partial charge in [0.05, 0.1) is 77.6 Å². The van der Waals surface area contributed by atoms with Gasteiger partial charge in [-0.05, 0) is 81.9 Å². The summed E-state index contributed by atoms with van der Waals surface area (Å²) in [6.45, 7) is -7.64. The molecule has 0 radical (unpaired) electrons. The van der Waals surface area contributed by atoms with Crippen LogP contribution in [0.1, 0.15) is 69.9 Å². The smallest absolute Gasteiger partial charge is 0.187 e. The molecule has 8 aliphatic rings. The SMILES string of the molecule is OC[C@H]1O[C@@H](O[C@H]2[C@H](O)[C@@H](O)[C@H](n3cc(COc4ccc(C(=C(c5ccc(OCc6cn([C@@H]7O[C@H](CO)[C@@H](O[C@@H]8O[C@H](CO)[C@@H](O)[C@H](O)[C@H]8O)[C@H](O)[C@H]7O)nn6)cc5)c5ccc(OCc6cn([C@@H]7O[C@H](CO)[C@@H](O[C@@H]8O[C@H](CO)[C@@H](O)[C@H](O)[C@H]8O)[C@H](O)[C@H]7O)nn6)cc5)c5ccc(OCc6cn([C@@H]7O[C@H](CO)[C@@H](O[C@@H]8O[C@H](CO)[C@@H](O)[C@H](O)[C@H]8O)[C@H](O)[C@H]7O)nn6)cc5)cc4)nn3)O[C@@H]2CO)[C@H](O)[C@@H](O)[C@@H]1O. The van der Waals surface area contributed by atoms with Gasteiger partial charge in [-0.25, -0.2) is 18.7 Å². The number of benzene rings is 4. The maximum atomic E-state index is 11.5. The molecule has 0 bridgehead atoms. The van der Waals surface area contributed by atoms with Crippen molar-refractivity contribution >= 4 is 11.1 Å². The van der Waals surface area contributed by atoms with Gasteiger partial charge in [-0.2, -0.15) is 0 Å². The number of aromatic nitrogens is 12. The lowest BCUT2D eigenvalue weighted by atomic mass is 9.85. The molecule has 0 unspecified atom stereocenters. The Labute approximate surface area is 801 Å². The highest BCUT2D eigenvalue weighted by Gasteiger charge is 2.57. The maximum absolute atomic E-state index is 11.5. The summed E-state index contributed by atoms with van der Waals surface area (Å²) in [6, 6.07) is 27.1. The summed E-state index contributed by atoms with van der Waals surface area (Å²) >= 11 is 0. The molecule has 8 fully saturated rings. The van der Waals surface area contributed by atoms with Crippen molar-refractivity contribution < 1.29 is 219 Å². The van der Waals surface area contributed by atoms with E-state index in [-0.39, 0.29) is 72.2 Å². The van der Waals surface area contributed by atoms with Crippen LogP contribution in [0.15, 0.2) is 122 Å². The van der Waals surface area contributed by atoms with Crippen molar-refractivity contribution in [3.05, 3.63) is 167 Å². The minimum atomic E-state index is -1.91. The van der Waals surface area contributed by atoms with E-state index in [9.17, 15) is 143 Å². The van der Waals surface area contributed by atoms with Crippen LogP contribution >= 0.6 is 0 Å². The summed E-state index contributed by atoms with van der Waals surface area (Å²) in [7, 11) is 0. The zero-order valence-electron chi connectivity index (χ0n) is 74.5. The second-order valence-electron chi connectivity index (χ2n) is 34.9. The summed E-state index contributed by atoms with van der Waals surface area (Å²) in [5.74, 6) is 1.08. The quantitative estimate of drug-likeness (QED) is 0.0162. The molecule has 28 N–H and O–H groups in total. The van der Waals surface area contributed by atoms with Crippen molar-refractivity contribution in [2.45, 2.75) is 272 Å². The van der Waals surface area contributed by atoms with Gasteiger partial charge in [-0.3, -0.25) is 0 Å². The van der Waals surface area contributed by atoms with Crippen LogP contribution in [0.5, 0.6) is 23.0 Å². The van der Waals surface area contributed by atoms with Gasteiger partial charge in [0.1, 0.15) is 268 Å². The Bertz CT molecular complexity index is 4700. The van der Waals surface area contributed by atoms with E-state index in [4.69, 9.17) is 75.8 Å².